The lowest BCUT2D eigenvalue weighted by atomic mass is 10.00. The molecule has 2 atom stereocenters. The van der Waals surface area contributed by atoms with Gasteiger partial charge >= 0.3 is 0 Å². The third-order valence-corrected chi connectivity index (χ3v) is 5.78. The summed E-state index contributed by atoms with van der Waals surface area (Å²) in [6.45, 7) is 2.60. The van der Waals surface area contributed by atoms with Crippen molar-refractivity contribution in [2.75, 3.05) is 6.54 Å². The molecule has 2 aliphatic heterocycles. The topological polar surface area (TPSA) is 64.7 Å². The maximum absolute atomic E-state index is 12.8. The van der Waals surface area contributed by atoms with Gasteiger partial charge in [0.25, 0.3) is 5.91 Å². The minimum atomic E-state index is -0.286. The van der Waals surface area contributed by atoms with Crippen molar-refractivity contribution >= 4 is 23.2 Å². The van der Waals surface area contributed by atoms with E-state index in [0.29, 0.717) is 13.0 Å². The van der Waals surface area contributed by atoms with Crippen molar-refractivity contribution in [2.45, 2.75) is 32.0 Å². The summed E-state index contributed by atoms with van der Waals surface area (Å²) in [5.41, 5.74) is 5.75. The molecule has 2 N–H and O–H groups in total. The van der Waals surface area contributed by atoms with Crippen LogP contribution in [0.3, 0.4) is 0 Å². The van der Waals surface area contributed by atoms with Gasteiger partial charge in [-0.1, -0.05) is 35.9 Å². The van der Waals surface area contributed by atoms with Gasteiger partial charge in [-0.25, -0.2) is 5.43 Å². The van der Waals surface area contributed by atoms with Gasteiger partial charge in [-0.05, 0) is 30.4 Å². The first-order chi connectivity index (χ1) is 13.1. The van der Waals surface area contributed by atoms with Crippen molar-refractivity contribution < 1.29 is 9.59 Å². The van der Waals surface area contributed by atoms with Crippen LogP contribution in [0.25, 0.3) is 0 Å². The summed E-state index contributed by atoms with van der Waals surface area (Å²) < 4.78 is 0. The lowest BCUT2D eigenvalue weighted by molar-refractivity contribution is -0.138. The Morgan fingerprint density at radius 1 is 1.26 bits per heavy atom. The summed E-state index contributed by atoms with van der Waals surface area (Å²) in [6.07, 6.45) is 4.19. The lowest BCUT2D eigenvalue weighted by Gasteiger charge is -2.31. The summed E-state index contributed by atoms with van der Waals surface area (Å²) in [5, 5.41) is 6.70. The number of hydrogen-bond donors (Lipinski definition) is 2. The molecule has 7 heteroatoms. The molecule has 2 aliphatic rings. The van der Waals surface area contributed by atoms with Gasteiger partial charge in [0.2, 0.25) is 5.91 Å². The van der Waals surface area contributed by atoms with E-state index in [1.165, 1.54) is 10.5 Å². The Labute approximate surface area is 162 Å². The van der Waals surface area contributed by atoms with Crippen molar-refractivity contribution in [1.29, 1.82) is 0 Å². The van der Waals surface area contributed by atoms with E-state index < -0.39 is 0 Å². The Morgan fingerprint density at radius 2 is 2.07 bits per heavy atom. The van der Waals surface area contributed by atoms with Crippen LogP contribution in [0.4, 0.5) is 0 Å². The van der Waals surface area contributed by atoms with Gasteiger partial charge in [-0.3, -0.25) is 9.59 Å². The van der Waals surface area contributed by atoms with Crippen LogP contribution in [0.1, 0.15) is 28.5 Å². The molecule has 1 fully saturated rings. The van der Waals surface area contributed by atoms with Crippen LogP contribution < -0.4 is 10.7 Å². The number of thiophene rings is 1. The zero-order valence-corrected chi connectivity index (χ0v) is 15.9. The van der Waals surface area contributed by atoms with Crippen molar-refractivity contribution in [2.24, 2.45) is 0 Å². The normalized spacial score (nSPS) is 21.4. The van der Waals surface area contributed by atoms with E-state index in [1.54, 1.807) is 17.5 Å². The number of amides is 2. The van der Waals surface area contributed by atoms with Crippen LogP contribution >= 0.6 is 11.3 Å². The van der Waals surface area contributed by atoms with E-state index in [1.807, 2.05) is 28.7 Å². The van der Waals surface area contributed by atoms with Crippen molar-refractivity contribution in [3.63, 3.8) is 0 Å². The van der Waals surface area contributed by atoms with Crippen LogP contribution in [0.2, 0.25) is 0 Å². The summed E-state index contributed by atoms with van der Waals surface area (Å²) in [4.78, 5) is 27.6. The highest BCUT2D eigenvalue weighted by molar-refractivity contribution is 7.09. The zero-order chi connectivity index (χ0) is 18.8. The van der Waals surface area contributed by atoms with Crippen molar-refractivity contribution in [1.82, 2.24) is 20.7 Å². The molecule has 2 unspecified atom stereocenters. The first kappa shape index (κ1) is 17.8. The molecule has 2 aromatic rings. The number of benzene rings is 1. The Bertz CT molecular complexity index is 847. The molecule has 0 saturated carbocycles. The van der Waals surface area contributed by atoms with Crippen LogP contribution in [-0.2, 0) is 16.1 Å². The van der Waals surface area contributed by atoms with Crippen LogP contribution in [0, 0.1) is 6.92 Å². The first-order valence-electron chi connectivity index (χ1n) is 8.99. The Balaban J connectivity index is 1.35. The highest BCUT2D eigenvalue weighted by atomic mass is 32.1. The molecule has 140 valence electrons. The Morgan fingerprint density at radius 3 is 2.81 bits per heavy atom. The molecule has 27 heavy (non-hydrogen) atoms. The number of carbonyl (C=O) groups excluding carboxylic acids is 2. The van der Waals surface area contributed by atoms with Gasteiger partial charge in [0.05, 0.1) is 12.6 Å². The second-order valence-corrected chi connectivity index (χ2v) is 7.90. The van der Waals surface area contributed by atoms with Gasteiger partial charge in [-0.15, -0.1) is 11.3 Å². The number of hydrogen-bond acceptors (Lipinski definition) is 5. The molecule has 0 aliphatic carbocycles. The summed E-state index contributed by atoms with van der Waals surface area (Å²) >= 11 is 1.60. The molecule has 3 heterocycles. The smallest absolute Gasteiger partial charge is 0.251 e. The predicted octanol–water partition coefficient (Wildman–Crippen LogP) is 2.31. The Kier molecular flexibility index (Phi) is 4.96. The SMILES string of the molecule is Cc1ccc(C2CC3C(=O)N(CC(=O)NCc4cccs4)C=CN3N2)cc1. The summed E-state index contributed by atoms with van der Waals surface area (Å²) in [5.74, 6) is -0.207. The van der Waals surface area contributed by atoms with E-state index in [-0.39, 0.29) is 30.4 Å². The molecule has 1 saturated heterocycles. The predicted molar refractivity (Wildman–Crippen MR) is 104 cm³/mol. The quantitative estimate of drug-likeness (QED) is 0.833. The highest BCUT2D eigenvalue weighted by Crippen LogP contribution is 2.30. The lowest BCUT2D eigenvalue weighted by Crippen LogP contribution is -2.50. The van der Waals surface area contributed by atoms with Crippen LogP contribution in [0.15, 0.2) is 54.2 Å². The van der Waals surface area contributed by atoms with Gasteiger partial charge in [0.1, 0.15) is 12.6 Å². The maximum Gasteiger partial charge on any atom is 0.251 e. The highest BCUT2D eigenvalue weighted by Gasteiger charge is 2.40. The van der Waals surface area contributed by atoms with E-state index in [4.69, 9.17) is 0 Å². The first-order valence-corrected chi connectivity index (χ1v) is 9.87. The summed E-state index contributed by atoms with van der Waals surface area (Å²) in [7, 11) is 0. The fourth-order valence-corrected chi connectivity index (χ4v) is 4.04. The van der Waals surface area contributed by atoms with Crippen LogP contribution in [0.5, 0.6) is 0 Å². The van der Waals surface area contributed by atoms with Gasteiger partial charge in [0.15, 0.2) is 0 Å². The Hall–Kier alpha value is -2.64. The maximum atomic E-state index is 12.8. The average Bonchev–Trinajstić information content (AvgIpc) is 3.33. The molecule has 4 rings (SSSR count). The fraction of sp³-hybridized carbons (Fsp3) is 0.300. The monoisotopic (exact) mass is 382 g/mol. The van der Waals surface area contributed by atoms with Crippen molar-refractivity contribution in [3.8, 4) is 0 Å². The van der Waals surface area contributed by atoms with Crippen molar-refractivity contribution in [3.05, 3.63) is 70.2 Å². The molecule has 2 amide bonds. The number of hydrazine groups is 1. The standard InChI is InChI=1S/C20H22N4O2S/c1-14-4-6-15(7-5-14)17-11-18-20(26)23(8-9-24(18)22-17)13-19(25)21-12-16-3-2-10-27-16/h2-10,17-18,22H,11-13H2,1H3,(H,21,25). The number of nitrogens with zero attached hydrogens (tertiary/aromatic N) is 2. The number of rotatable bonds is 5. The largest absolute Gasteiger partial charge is 0.350 e. The molecule has 0 spiro atoms. The van der Waals surface area contributed by atoms with E-state index >= 15 is 0 Å². The number of aryl methyl sites for hydroxylation is 1. The second kappa shape index (κ2) is 7.54. The van der Waals surface area contributed by atoms with E-state index in [9.17, 15) is 9.59 Å². The van der Waals surface area contributed by atoms with Crippen LogP contribution in [-0.4, -0.2) is 34.3 Å². The zero-order valence-electron chi connectivity index (χ0n) is 15.1. The third kappa shape index (κ3) is 3.89. The molecule has 0 bridgehead atoms. The number of nitrogens with one attached hydrogen (secondary N) is 2. The molecule has 1 aromatic carbocycles. The second-order valence-electron chi connectivity index (χ2n) is 6.87. The van der Waals surface area contributed by atoms with Gasteiger partial charge < -0.3 is 15.2 Å². The molecule has 1 aromatic heterocycles. The fourth-order valence-electron chi connectivity index (χ4n) is 3.39. The molecular weight excluding hydrogens is 360 g/mol. The van der Waals surface area contributed by atoms with E-state index in [2.05, 4.69) is 41.9 Å². The number of fused-ring (bicyclic) bond motifs is 1. The molecule has 0 radical (unpaired) electrons. The average molecular weight is 382 g/mol. The molecule has 6 nitrogen and oxygen atoms in total. The van der Waals surface area contributed by atoms with E-state index in [0.717, 1.165) is 10.4 Å². The molecular formula is C20H22N4O2S. The minimum Gasteiger partial charge on any atom is -0.350 e. The number of carbonyl (C=O) groups is 2. The third-order valence-electron chi connectivity index (χ3n) is 4.91. The van der Waals surface area contributed by atoms with Gasteiger partial charge in [0, 0.05) is 17.3 Å². The summed E-state index contributed by atoms with van der Waals surface area (Å²) in [6, 6.07) is 12.1. The van der Waals surface area contributed by atoms with Gasteiger partial charge in [-0.2, -0.15) is 0 Å². The minimum absolute atomic E-state index is 0.0419.